The average molecular weight is 375 g/mol. The molecule has 28 heavy (non-hydrogen) atoms. The highest BCUT2D eigenvalue weighted by Crippen LogP contribution is 2.29. The summed E-state index contributed by atoms with van der Waals surface area (Å²) in [5.41, 5.74) is 4.68. The third kappa shape index (κ3) is 4.71. The molecular formula is C22H25N5O. The maximum absolute atomic E-state index is 12.6. The normalized spacial score (nSPS) is 10.8. The van der Waals surface area contributed by atoms with Crippen LogP contribution in [0.3, 0.4) is 0 Å². The molecule has 0 aliphatic heterocycles. The molecule has 0 saturated carbocycles. The van der Waals surface area contributed by atoms with Crippen molar-refractivity contribution >= 4 is 17.4 Å². The molecule has 6 nitrogen and oxygen atoms in total. The van der Waals surface area contributed by atoms with Crippen molar-refractivity contribution in [3.63, 3.8) is 0 Å². The molecule has 0 spiro atoms. The monoisotopic (exact) mass is 375 g/mol. The van der Waals surface area contributed by atoms with Gasteiger partial charge in [-0.1, -0.05) is 32.0 Å². The Balaban J connectivity index is 1.81. The van der Waals surface area contributed by atoms with Crippen molar-refractivity contribution in [2.45, 2.75) is 40.2 Å². The van der Waals surface area contributed by atoms with Gasteiger partial charge in [-0.25, -0.2) is 9.97 Å². The fourth-order valence-corrected chi connectivity index (χ4v) is 2.99. The topological polar surface area (TPSA) is 79.8 Å². The summed E-state index contributed by atoms with van der Waals surface area (Å²) in [7, 11) is 0. The molecule has 3 aromatic rings. The van der Waals surface area contributed by atoms with Gasteiger partial charge in [0, 0.05) is 30.7 Å². The van der Waals surface area contributed by atoms with Gasteiger partial charge in [0.2, 0.25) is 0 Å². The van der Waals surface area contributed by atoms with Crippen molar-refractivity contribution in [1.29, 1.82) is 0 Å². The number of para-hydroxylation sites is 1. The second-order valence-electron chi connectivity index (χ2n) is 7.04. The molecule has 2 aromatic heterocycles. The summed E-state index contributed by atoms with van der Waals surface area (Å²) < 4.78 is 0. The van der Waals surface area contributed by atoms with E-state index in [1.54, 1.807) is 25.4 Å². The lowest BCUT2D eigenvalue weighted by atomic mass is 9.98. The fraction of sp³-hybridized carbons (Fsp3) is 0.273. The Labute approximate surface area is 165 Å². The van der Waals surface area contributed by atoms with Crippen molar-refractivity contribution in [3.8, 4) is 0 Å². The van der Waals surface area contributed by atoms with Crippen LogP contribution in [0.4, 0.5) is 11.5 Å². The maximum Gasteiger partial charge on any atom is 0.270 e. The Hall–Kier alpha value is -3.28. The number of hydrogen-bond donors (Lipinski definition) is 2. The van der Waals surface area contributed by atoms with E-state index in [4.69, 9.17) is 0 Å². The summed E-state index contributed by atoms with van der Waals surface area (Å²) in [4.78, 5) is 25.3. The maximum atomic E-state index is 12.6. The third-order valence-corrected chi connectivity index (χ3v) is 4.45. The van der Waals surface area contributed by atoms with Crippen LogP contribution in [0.2, 0.25) is 0 Å². The number of benzene rings is 1. The minimum Gasteiger partial charge on any atom is -0.347 e. The zero-order chi connectivity index (χ0) is 20.1. The summed E-state index contributed by atoms with van der Waals surface area (Å²) >= 11 is 0. The fourth-order valence-electron chi connectivity index (χ4n) is 2.99. The number of rotatable bonds is 6. The molecule has 0 bridgehead atoms. The highest BCUT2D eigenvalue weighted by molar-refractivity contribution is 5.93. The zero-order valence-corrected chi connectivity index (χ0v) is 16.7. The molecule has 2 heterocycles. The Bertz CT molecular complexity index is 970. The van der Waals surface area contributed by atoms with E-state index in [9.17, 15) is 4.79 Å². The second kappa shape index (κ2) is 8.61. The average Bonchev–Trinajstić information content (AvgIpc) is 2.68. The lowest BCUT2D eigenvalue weighted by Crippen LogP contribution is -2.24. The lowest BCUT2D eigenvalue weighted by molar-refractivity contribution is 0.0945. The number of pyridine rings is 1. The third-order valence-electron chi connectivity index (χ3n) is 4.45. The van der Waals surface area contributed by atoms with E-state index in [2.05, 4.69) is 64.6 Å². The molecule has 0 unspecified atom stereocenters. The predicted octanol–water partition coefficient (Wildman–Crippen LogP) is 4.29. The molecule has 0 atom stereocenters. The number of carbonyl (C=O) groups excluding carboxylic acids is 1. The van der Waals surface area contributed by atoms with Crippen LogP contribution in [0.1, 0.15) is 52.8 Å². The molecule has 0 saturated heterocycles. The molecular weight excluding hydrogens is 350 g/mol. The quantitative estimate of drug-likeness (QED) is 0.672. The largest absolute Gasteiger partial charge is 0.347 e. The van der Waals surface area contributed by atoms with Gasteiger partial charge >= 0.3 is 0 Å². The van der Waals surface area contributed by atoms with Crippen molar-refractivity contribution < 1.29 is 4.79 Å². The SMILES string of the molecule is Cc1nc(Nc2c(C)cccc2C(C)C)cc(C(=O)NCc2ccncc2)n1. The van der Waals surface area contributed by atoms with Gasteiger partial charge in [-0.05, 0) is 48.6 Å². The molecule has 3 rings (SSSR count). The van der Waals surface area contributed by atoms with Gasteiger partial charge in [0.1, 0.15) is 17.3 Å². The summed E-state index contributed by atoms with van der Waals surface area (Å²) in [6.45, 7) is 8.57. The van der Waals surface area contributed by atoms with Crippen LogP contribution in [0, 0.1) is 13.8 Å². The van der Waals surface area contributed by atoms with Gasteiger partial charge in [-0.3, -0.25) is 9.78 Å². The van der Waals surface area contributed by atoms with Crippen LogP contribution in [0.5, 0.6) is 0 Å². The highest BCUT2D eigenvalue weighted by Gasteiger charge is 2.14. The number of aryl methyl sites for hydroxylation is 2. The number of amides is 1. The van der Waals surface area contributed by atoms with Crippen molar-refractivity contribution in [2.24, 2.45) is 0 Å². The van der Waals surface area contributed by atoms with E-state index >= 15 is 0 Å². The smallest absolute Gasteiger partial charge is 0.270 e. The van der Waals surface area contributed by atoms with E-state index in [0.29, 0.717) is 29.8 Å². The van der Waals surface area contributed by atoms with Crippen molar-refractivity contribution in [3.05, 3.63) is 77.0 Å². The van der Waals surface area contributed by atoms with Crippen LogP contribution in [0.15, 0.2) is 48.8 Å². The summed E-state index contributed by atoms with van der Waals surface area (Å²) in [6.07, 6.45) is 3.40. The van der Waals surface area contributed by atoms with E-state index in [-0.39, 0.29) is 5.91 Å². The van der Waals surface area contributed by atoms with E-state index < -0.39 is 0 Å². The molecule has 6 heteroatoms. The lowest BCUT2D eigenvalue weighted by Gasteiger charge is -2.17. The van der Waals surface area contributed by atoms with E-state index in [0.717, 1.165) is 16.8 Å². The van der Waals surface area contributed by atoms with Crippen molar-refractivity contribution in [2.75, 3.05) is 5.32 Å². The molecule has 0 radical (unpaired) electrons. The summed E-state index contributed by atoms with van der Waals surface area (Å²) in [6, 6.07) is 11.6. The van der Waals surface area contributed by atoms with Gasteiger partial charge in [0.05, 0.1) is 0 Å². The molecule has 2 N–H and O–H groups in total. The first-order valence-corrected chi connectivity index (χ1v) is 9.33. The summed E-state index contributed by atoms with van der Waals surface area (Å²) in [5, 5.41) is 6.28. The Morgan fingerprint density at radius 1 is 1.07 bits per heavy atom. The molecule has 1 amide bonds. The minimum absolute atomic E-state index is 0.237. The van der Waals surface area contributed by atoms with Crippen LogP contribution in [0.25, 0.3) is 0 Å². The van der Waals surface area contributed by atoms with E-state index in [1.807, 2.05) is 12.1 Å². The minimum atomic E-state index is -0.237. The Kier molecular flexibility index (Phi) is 5.99. The molecule has 0 aliphatic carbocycles. The van der Waals surface area contributed by atoms with Crippen molar-refractivity contribution in [1.82, 2.24) is 20.3 Å². The van der Waals surface area contributed by atoms with Crippen LogP contribution < -0.4 is 10.6 Å². The molecule has 0 fully saturated rings. The van der Waals surface area contributed by atoms with Crippen LogP contribution in [-0.4, -0.2) is 20.9 Å². The second-order valence-corrected chi connectivity index (χ2v) is 7.04. The number of carbonyl (C=O) groups is 1. The first-order valence-electron chi connectivity index (χ1n) is 9.33. The van der Waals surface area contributed by atoms with Crippen LogP contribution >= 0.6 is 0 Å². The summed E-state index contributed by atoms with van der Waals surface area (Å²) in [5.74, 6) is 1.28. The Morgan fingerprint density at radius 2 is 1.82 bits per heavy atom. The first kappa shape index (κ1) is 19.5. The number of hydrogen-bond acceptors (Lipinski definition) is 5. The number of anilines is 2. The van der Waals surface area contributed by atoms with Gasteiger partial charge in [-0.2, -0.15) is 0 Å². The van der Waals surface area contributed by atoms with E-state index in [1.165, 1.54) is 5.56 Å². The van der Waals surface area contributed by atoms with Crippen LogP contribution in [-0.2, 0) is 6.54 Å². The zero-order valence-electron chi connectivity index (χ0n) is 16.7. The number of nitrogens with one attached hydrogen (secondary N) is 2. The first-order chi connectivity index (χ1) is 13.4. The predicted molar refractivity (Wildman–Crippen MR) is 111 cm³/mol. The van der Waals surface area contributed by atoms with Gasteiger partial charge < -0.3 is 10.6 Å². The highest BCUT2D eigenvalue weighted by atomic mass is 16.1. The number of aromatic nitrogens is 3. The van der Waals surface area contributed by atoms with Gasteiger partial charge in [-0.15, -0.1) is 0 Å². The Morgan fingerprint density at radius 3 is 2.54 bits per heavy atom. The molecule has 0 aliphatic rings. The molecule has 1 aromatic carbocycles. The number of nitrogens with zero attached hydrogens (tertiary/aromatic N) is 3. The van der Waals surface area contributed by atoms with Gasteiger partial charge in [0.15, 0.2) is 0 Å². The molecule has 144 valence electrons. The van der Waals surface area contributed by atoms with Gasteiger partial charge in [0.25, 0.3) is 5.91 Å². The standard InChI is InChI=1S/C22H25N5O/c1-14(2)18-7-5-6-15(3)21(18)27-20-12-19(25-16(4)26-20)22(28)24-13-17-8-10-23-11-9-17/h5-12,14H,13H2,1-4H3,(H,24,28)(H,25,26,27).